The topological polar surface area (TPSA) is 54.4 Å². The van der Waals surface area contributed by atoms with Crippen molar-refractivity contribution in [3.8, 4) is 0 Å². The van der Waals surface area contributed by atoms with E-state index in [9.17, 15) is 26.0 Å². The minimum absolute atomic E-state index is 0.0324. The maximum absolute atomic E-state index is 12.7. The first kappa shape index (κ1) is 11.9. The van der Waals surface area contributed by atoms with Crippen LogP contribution < -0.4 is 0 Å². The van der Waals surface area contributed by atoms with Crippen molar-refractivity contribution in [1.82, 2.24) is 0 Å². The van der Waals surface area contributed by atoms with Gasteiger partial charge >= 0.3 is 6.18 Å². The molecule has 8 heteroatoms. The number of halogens is 4. The highest BCUT2D eigenvalue weighted by molar-refractivity contribution is 7.85. The zero-order chi connectivity index (χ0) is 11.9. The van der Waals surface area contributed by atoms with E-state index in [1.54, 1.807) is 0 Å². The Balaban J connectivity index is 3.43. The van der Waals surface area contributed by atoms with Gasteiger partial charge in [-0.25, -0.2) is 4.39 Å². The van der Waals surface area contributed by atoms with E-state index in [0.29, 0.717) is 12.1 Å². The molecular weight excluding hydrogens is 240 g/mol. The third kappa shape index (κ3) is 2.66. The highest BCUT2D eigenvalue weighted by Crippen LogP contribution is 2.31. The molecule has 0 aliphatic heterocycles. The van der Waals surface area contributed by atoms with Crippen molar-refractivity contribution in [1.29, 1.82) is 0 Å². The number of hydrogen-bond acceptors (Lipinski definition) is 2. The fourth-order valence-corrected chi connectivity index (χ4v) is 1.47. The van der Waals surface area contributed by atoms with Gasteiger partial charge in [-0.3, -0.25) is 4.55 Å². The van der Waals surface area contributed by atoms with Crippen LogP contribution in [0.15, 0.2) is 23.1 Å². The van der Waals surface area contributed by atoms with Crippen LogP contribution >= 0.6 is 0 Å². The molecule has 0 saturated heterocycles. The Bertz CT molecular complexity index is 477. The summed E-state index contributed by atoms with van der Waals surface area (Å²) in [5.74, 6) is -1.44. The van der Waals surface area contributed by atoms with E-state index in [4.69, 9.17) is 4.55 Å². The second-order valence-corrected chi connectivity index (χ2v) is 4.01. The van der Waals surface area contributed by atoms with Gasteiger partial charge in [0.1, 0.15) is 10.7 Å². The second-order valence-electron chi connectivity index (χ2n) is 2.62. The van der Waals surface area contributed by atoms with Crippen molar-refractivity contribution in [2.75, 3.05) is 0 Å². The van der Waals surface area contributed by atoms with Crippen LogP contribution in [0.5, 0.6) is 0 Å². The molecule has 1 N–H and O–H groups in total. The predicted octanol–water partition coefficient (Wildman–Crippen LogP) is 2.09. The number of alkyl halides is 3. The zero-order valence-corrected chi connectivity index (χ0v) is 7.73. The van der Waals surface area contributed by atoms with Gasteiger partial charge in [0.2, 0.25) is 0 Å². The Morgan fingerprint density at radius 2 is 1.73 bits per heavy atom. The van der Waals surface area contributed by atoms with Crippen molar-refractivity contribution in [3.63, 3.8) is 0 Å². The molecule has 0 fully saturated rings. The third-order valence-electron chi connectivity index (χ3n) is 1.54. The summed E-state index contributed by atoms with van der Waals surface area (Å²) in [4.78, 5) is -1.39. The van der Waals surface area contributed by atoms with Crippen LogP contribution in [-0.4, -0.2) is 13.0 Å². The molecule has 0 spiro atoms. The Labute approximate surface area is 82.1 Å². The van der Waals surface area contributed by atoms with Gasteiger partial charge < -0.3 is 0 Å². The average Bonchev–Trinajstić information content (AvgIpc) is 2.00. The molecule has 3 nitrogen and oxygen atoms in total. The van der Waals surface area contributed by atoms with Crippen LogP contribution in [0.25, 0.3) is 0 Å². The number of benzene rings is 1. The average molecular weight is 244 g/mol. The number of hydrogen-bond donors (Lipinski definition) is 1. The summed E-state index contributed by atoms with van der Waals surface area (Å²) < 4.78 is 78.4. The highest BCUT2D eigenvalue weighted by atomic mass is 32.2. The molecule has 0 aliphatic rings. The molecule has 0 unspecified atom stereocenters. The second kappa shape index (κ2) is 3.46. The van der Waals surface area contributed by atoms with Crippen LogP contribution in [0, 0.1) is 5.82 Å². The van der Waals surface area contributed by atoms with Gasteiger partial charge in [-0.05, 0) is 18.2 Å². The van der Waals surface area contributed by atoms with Crippen molar-refractivity contribution in [2.24, 2.45) is 0 Å². The molecule has 1 aromatic carbocycles. The lowest BCUT2D eigenvalue weighted by molar-refractivity contribution is -0.137. The van der Waals surface area contributed by atoms with Gasteiger partial charge in [0.15, 0.2) is 0 Å². The van der Waals surface area contributed by atoms with E-state index in [-0.39, 0.29) is 6.07 Å². The van der Waals surface area contributed by atoms with E-state index in [1.165, 1.54) is 0 Å². The predicted molar refractivity (Wildman–Crippen MR) is 41.2 cm³/mol. The van der Waals surface area contributed by atoms with Crippen molar-refractivity contribution >= 4 is 10.1 Å². The Kier molecular flexibility index (Phi) is 2.75. The molecule has 0 heterocycles. The summed E-state index contributed by atoms with van der Waals surface area (Å²) in [6.07, 6.45) is -4.80. The molecule has 1 rings (SSSR count). The number of rotatable bonds is 1. The monoisotopic (exact) mass is 244 g/mol. The minimum atomic E-state index is -4.99. The lowest BCUT2D eigenvalue weighted by Crippen LogP contribution is -2.09. The molecule has 1 aromatic rings. The van der Waals surface area contributed by atoms with Crippen molar-refractivity contribution < 1.29 is 30.5 Å². The lowest BCUT2D eigenvalue weighted by Gasteiger charge is -2.07. The van der Waals surface area contributed by atoms with Gasteiger partial charge in [0.25, 0.3) is 10.1 Å². The highest BCUT2D eigenvalue weighted by Gasteiger charge is 2.32. The summed E-state index contributed by atoms with van der Waals surface area (Å²) in [5, 5.41) is 0. The minimum Gasteiger partial charge on any atom is -0.282 e. The Hall–Kier alpha value is -1.15. The van der Waals surface area contributed by atoms with E-state index in [0.717, 1.165) is 0 Å². The quantitative estimate of drug-likeness (QED) is 0.608. The Morgan fingerprint density at radius 3 is 2.13 bits per heavy atom. The van der Waals surface area contributed by atoms with Gasteiger partial charge in [-0.1, -0.05) is 0 Å². The molecule has 0 bridgehead atoms. The largest absolute Gasteiger partial charge is 0.416 e. The summed E-state index contributed by atoms with van der Waals surface area (Å²) in [6.45, 7) is 0. The van der Waals surface area contributed by atoms with Crippen molar-refractivity contribution in [3.05, 3.63) is 29.6 Å². The van der Waals surface area contributed by atoms with Crippen LogP contribution in [0.2, 0.25) is 0 Å². The molecule has 0 aliphatic carbocycles. The summed E-state index contributed by atoms with van der Waals surface area (Å²) in [6, 6.07) is 0.737. The molecule has 84 valence electrons. The molecule has 0 saturated carbocycles. The Morgan fingerprint density at radius 1 is 1.20 bits per heavy atom. The fraction of sp³-hybridized carbons (Fsp3) is 0.143. The van der Waals surface area contributed by atoms with Gasteiger partial charge in [0.05, 0.1) is 5.56 Å². The molecule has 0 atom stereocenters. The van der Waals surface area contributed by atoms with E-state index in [2.05, 4.69) is 0 Å². The summed E-state index contributed by atoms with van der Waals surface area (Å²) >= 11 is 0. The maximum Gasteiger partial charge on any atom is 0.416 e. The van der Waals surface area contributed by atoms with Crippen molar-refractivity contribution in [2.45, 2.75) is 11.1 Å². The van der Waals surface area contributed by atoms with Crippen LogP contribution in [-0.2, 0) is 16.3 Å². The van der Waals surface area contributed by atoms with Gasteiger partial charge in [0, 0.05) is 0 Å². The summed E-state index contributed by atoms with van der Waals surface area (Å²) in [7, 11) is -4.99. The third-order valence-corrected chi connectivity index (χ3v) is 2.41. The first-order valence-corrected chi connectivity index (χ1v) is 4.90. The van der Waals surface area contributed by atoms with Crippen LogP contribution in [0.1, 0.15) is 5.56 Å². The zero-order valence-electron chi connectivity index (χ0n) is 6.92. The molecule has 15 heavy (non-hydrogen) atoms. The first-order valence-electron chi connectivity index (χ1n) is 3.46. The normalized spacial score (nSPS) is 12.9. The van der Waals surface area contributed by atoms with E-state index in [1.807, 2.05) is 0 Å². The maximum atomic E-state index is 12.7. The van der Waals surface area contributed by atoms with E-state index < -0.39 is 32.6 Å². The molecular formula is C7H4F4O3S. The fourth-order valence-electron chi connectivity index (χ4n) is 0.877. The first-order chi connectivity index (χ1) is 6.62. The van der Waals surface area contributed by atoms with Crippen LogP contribution in [0.4, 0.5) is 17.6 Å². The standard InChI is InChI=1S/C7H4F4O3S/c8-5-2-1-4(7(9,10)11)3-6(5)15(12,13)14/h1-3H,(H,12,13,14). The van der Waals surface area contributed by atoms with Crippen LogP contribution in [0.3, 0.4) is 0 Å². The van der Waals surface area contributed by atoms with Gasteiger partial charge in [-0.2, -0.15) is 21.6 Å². The molecule has 0 aromatic heterocycles. The SMILES string of the molecule is O=S(=O)(O)c1cc(C(F)(F)F)ccc1F. The smallest absolute Gasteiger partial charge is 0.282 e. The molecule has 0 radical (unpaired) electrons. The summed E-state index contributed by atoms with van der Waals surface area (Å²) in [5.41, 5.74) is -1.35. The van der Waals surface area contributed by atoms with Gasteiger partial charge in [-0.15, -0.1) is 0 Å². The van der Waals surface area contributed by atoms with E-state index >= 15 is 0 Å². The lowest BCUT2D eigenvalue weighted by atomic mass is 10.2. The molecule has 0 amide bonds.